The smallest absolute Gasteiger partial charge is 0.269 e. The molecule has 2 aromatic rings. The summed E-state index contributed by atoms with van der Waals surface area (Å²) in [5.74, 6) is -2.23. The predicted octanol–water partition coefficient (Wildman–Crippen LogP) is 1.33. The third-order valence-corrected chi connectivity index (χ3v) is 4.11. The molecular weight excluding hydrogens is 358 g/mol. The van der Waals surface area contributed by atoms with Crippen LogP contribution in [0.4, 0.5) is 0 Å². The van der Waals surface area contributed by atoms with Crippen LogP contribution in [0.5, 0.6) is 0 Å². The zero-order chi connectivity index (χ0) is 18.7. The number of fused-ring (bicyclic) bond motifs is 1. The fourth-order valence-electron chi connectivity index (χ4n) is 2.54. The monoisotopic (exact) mass is 371 g/mol. The van der Waals surface area contributed by atoms with Crippen LogP contribution in [0, 0.1) is 0 Å². The van der Waals surface area contributed by atoms with Crippen molar-refractivity contribution >= 4 is 35.2 Å². The van der Waals surface area contributed by atoms with Crippen molar-refractivity contribution in [1.82, 2.24) is 15.8 Å². The molecule has 7 nitrogen and oxygen atoms in total. The first-order chi connectivity index (χ1) is 12.5. The second-order valence-corrected chi connectivity index (χ2v) is 6.06. The van der Waals surface area contributed by atoms with Gasteiger partial charge in [0.05, 0.1) is 6.42 Å². The van der Waals surface area contributed by atoms with E-state index in [-0.39, 0.29) is 6.42 Å². The average Bonchev–Trinajstić information content (AvgIpc) is 2.64. The summed E-state index contributed by atoms with van der Waals surface area (Å²) in [6.07, 6.45) is 0.0479. The van der Waals surface area contributed by atoms with Gasteiger partial charge in [-0.05, 0) is 35.9 Å². The third kappa shape index (κ3) is 3.73. The van der Waals surface area contributed by atoms with Crippen LogP contribution in [0.25, 0.3) is 0 Å². The number of nitrogens with one attached hydrogen (secondary N) is 2. The minimum absolute atomic E-state index is 0.0479. The van der Waals surface area contributed by atoms with Gasteiger partial charge in [0, 0.05) is 16.1 Å². The molecule has 0 spiro atoms. The Morgan fingerprint density at radius 2 is 1.69 bits per heavy atom. The van der Waals surface area contributed by atoms with Crippen molar-refractivity contribution in [2.45, 2.75) is 6.42 Å². The third-order valence-electron chi connectivity index (χ3n) is 3.86. The topological polar surface area (TPSA) is 95.6 Å². The van der Waals surface area contributed by atoms with E-state index in [2.05, 4.69) is 10.9 Å². The lowest BCUT2D eigenvalue weighted by Crippen LogP contribution is -2.51. The van der Waals surface area contributed by atoms with Gasteiger partial charge in [0.15, 0.2) is 0 Å². The molecule has 0 bridgehead atoms. The number of carbonyl (C=O) groups is 4. The van der Waals surface area contributed by atoms with Crippen molar-refractivity contribution in [2.75, 3.05) is 6.54 Å². The van der Waals surface area contributed by atoms with Gasteiger partial charge in [-0.2, -0.15) is 0 Å². The first kappa shape index (κ1) is 17.6. The Morgan fingerprint density at radius 3 is 2.42 bits per heavy atom. The van der Waals surface area contributed by atoms with E-state index in [9.17, 15) is 19.2 Å². The molecule has 3 rings (SSSR count). The average molecular weight is 372 g/mol. The zero-order valence-corrected chi connectivity index (χ0v) is 14.2. The molecule has 0 atom stereocenters. The van der Waals surface area contributed by atoms with Gasteiger partial charge in [0.1, 0.15) is 6.54 Å². The molecule has 0 aliphatic carbocycles. The Morgan fingerprint density at radius 1 is 1.00 bits per heavy atom. The summed E-state index contributed by atoms with van der Waals surface area (Å²) < 4.78 is 0. The van der Waals surface area contributed by atoms with Crippen molar-refractivity contribution in [3.63, 3.8) is 0 Å². The summed E-state index contributed by atoms with van der Waals surface area (Å²) in [5, 5.41) is 0.480. The molecule has 0 saturated carbocycles. The number of hydrogen-bond donors (Lipinski definition) is 2. The quantitative estimate of drug-likeness (QED) is 0.628. The normalized spacial score (nSPS) is 13.2. The van der Waals surface area contributed by atoms with E-state index in [0.717, 1.165) is 4.90 Å². The summed E-state index contributed by atoms with van der Waals surface area (Å²) in [4.78, 5) is 49.3. The van der Waals surface area contributed by atoms with Crippen LogP contribution in [0.3, 0.4) is 0 Å². The molecule has 1 aliphatic rings. The maximum Gasteiger partial charge on any atom is 0.269 e. The summed E-state index contributed by atoms with van der Waals surface area (Å²) in [6, 6.07) is 12.8. The maximum atomic E-state index is 12.4. The van der Waals surface area contributed by atoms with E-state index in [1.165, 1.54) is 12.1 Å². The van der Waals surface area contributed by atoms with E-state index in [4.69, 9.17) is 11.6 Å². The second kappa shape index (κ2) is 7.37. The molecule has 0 saturated heterocycles. The van der Waals surface area contributed by atoms with Gasteiger partial charge in [-0.15, -0.1) is 0 Å². The van der Waals surface area contributed by atoms with Crippen molar-refractivity contribution in [2.24, 2.45) is 0 Å². The Labute approximate surface area is 153 Å². The number of imide groups is 1. The van der Waals surface area contributed by atoms with E-state index < -0.39 is 30.2 Å². The lowest BCUT2D eigenvalue weighted by atomic mass is 9.98. The number of hydrazine groups is 1. The largest absolute Gasteiger partial charge is 0.274 e. The highest BCUT2D eigenvalue weighted by molar-refractivity contribution is 6.30. The molecule has 0 aromatic heterocycles. The van der Waals surface area contributed by atoms with E-state index in [1.54, 1.807) is 36.4 Å². The van der Waals surface area contributed by atoms with Crippen LogP contribution >= 0.6 is 11.6 Å². The Bertz CT molecular complexity index is 896. The molecular formula is C18H14ClN3O4. The van der Waals surface area contributed by atoms with E-state index >= 15 is 0 Å². The van der Waals surface area contributed by atoms with Gasteiger partial charge in [-0.1, -0.05) is 29.8 Å². The molecule has 0 radical (unpaired) electrons. The number of carbonyl (C=O) groups excluding carboxylic acids is 4. The van der Waals surface area contributed by atoms with Crippen LogP contribution in [0.1, 0.15) is 26.3 Å². The second-order valence-electron chi connectivity index (χ2n) is 5.63. The number of nitrogens with zero attached hydrogens (tertiary/aromatic N) is 1. The molecule has 0 fully saturated rings. The van der Waals surface area contributed by atoms with Gasteiger partial charge < -0.3 is 0 Å². The first-order valence-corrected chi connectivity index (χ1v) is 8.11. The zero-order valence-electron chi connectivity index (χ0n) is 13.5. The number of benzene rings is 2. The van der Waals surface area contributed by atoms with Gasteiger partial charge in [-0.3, -0.25) is 34.9 Å². The molecule has 1 heterocycles. The predicted molar refractivity (Wildman–Crippen MR) is 93.3 cm³/mol. The highest BCUT2D eigenvalue weighted by atomic mass is 35.5. The van der Waals surface area contributed by atoms with Crippen LogP contribution in [-0.2, 0) is 16.0 Å². The van der Waals surface area contributed by atoms with Crippen molar-refractivity contribution in [3.8, 4) is 0 Å². The van der Waals surface area contributed by atoms with E-state index in [1.807, 2.05) is 0 Å². The molecule has 2 aromatic carbocycles. The van der Waals surface area contributed by atoms with Crippen molar-refractivity contribution < 1.29 is 19.2 Å². The molecule has 132 valence electrons. The molecule has 0 unspecified atom stereocenters. The van der Waals surface area contributed by atoms with Crippen molar-refractivity contribution in [3.05, 3.63) is 70.2 Å². The minimum atomic E-state index is -0.687. The summed E-state index contributed by atoms with van der Waals surface area (Å²) >= 11 is 5.74. The summed E-state index contributed by atoms with van der Waals surface area (Å²) in [6.45, 7) is -0.479. The molecule has 1 aliphatic heterocycles. The lowest BCUT2D eigenvalue weighted by molar-refractivity contribution is -0.133. The Balaban J connectivity index is 1.60. The molecule has 2 N–H and O–H groups in total. The first-order valence-electron chi connectivity index (χ1n) is 7.73. The van der Waals surface area contributed by atoms with Gasteiger partial charge in [-0.25, -0.2) is 0 Å². The van der Waals surface area contributed by atoms with Crippen molar-refractivity contribution in [1.29, 1.82) is 0 Å². The summed E-state index contributed by atoms with van der Waals surface area (Å²) in [7, 11) is 0. The Kier molecular flexibility index (Phi) is 4.99. The molecule has 8 heteroatoms. The standard InChI is InChI=1S/C18H14ClN3O4/c19-13-7-5-11(6-8-13)17(25)21-20-15(23)10-22-16(24)9-12-3-1-2-4-14(12)18(22)26/h1-8H,9-10H2,(H,20,23)(H,21,25). The number of rotatable bonds is 3. The van der Waals surface area contributed by atoms with Crippen LogP contribution in [-0.4, -0.2) is 35.1 Å². The van der Waals surface area contributed by atoms with Crippen LogP contribution < -0.4 is 10.9 Å². The number of hydrogen-bond acceptors (Lipinski definition) is 4. The molecule has 4 amide bonds. The fourth-order valence-corrected chi connectivity index (χ4v) is 2.67. The Hall–Kier alpha value is -3.19. The maximum absolute atomic E-state index is 12.4. The molecule has 26 heavy (non-hydrogen) atoms. The van der Waals surface area contributed by atoms with E-state index in [0.29, 0.717) is 21.7 Å². The van der Waals surface area contributed by atoms with Gasteiger partial charge in [0.25, 0.3) is 17.7 Å². The highest BCUT2D eigenvalue weighted by Crippen LogP contribution is 2.19. The highest BCUT2D eigenvalue weighted by Gasteiger charge is 2.31. The summed E-state index contributed by atoms with van der Waals surface area (Å²) in [5.41, 5.74) is 5.74. The lowest BCUT2D eigenvalue weighted by Gasteiger charge is -2.26. The minimum Gasteiger partial charge on any atom is -0.274 e. The fraction of sp³-hybridized carbons (Fsp3) is 0.111. The van der Waals surface area contributed by atoms with Crippen LogP contribution in [0.2, 0.25) is 5.02 Å². The number of amides is 4. The SMILES string of the molecule is O=C(CN1C(=O)Cc2ccccc2C1=O)NNC(=O)c1ccc(Cl)cc1. The van der Waals surface area contributed by atoms with Gasteiger partial charge in [0.2, 0.25) is 5.91 Å². The number of halogens is 1. The van der Waals surface area contributed by atoms with Gasteiger partial charge >= 0.3 is 0 Å². The van der Waals surface area contributed by atoms with Crippen LogP contribution in [0.15, 0.2) is 48.5 Å².